The molecule has 1 saturated heterocycles. The van der Waals surface area contributed by atoms with Crippen LogP contribution in [0.5, 0.6) is 0 Å². The number of urea groups is 1. The van der Waals surface area contributed by atoms with Crippen LogP contribution in [-0.2, 0) is 16.0 Å². The first-order valence-corrected chi connectivity index (χ1v) is 6.93. The molecule has 8 nitrogen and oxygen atoms in total. The number of thiazole rings is 1. The number of carbonyl (C=O) groups excluding carboxylic acids is 2. The number of carbonyl (C=O) groups is 3. The first-order chi connectivity index (χ1) is 9.58. The van der Waals surface area contributed by atoms with Crippen molar-refractivity contribution in [1.29, 1.82) is 0 Å². The molecule has 1 fully saturated rings. The van der Waals surface area contributed by atoms with Crippen molar-refractivity contribution < 1.29 is 19.5 Å². The topological polar surface area (TPSA) is 112 Å². The van der Waals surface area contributed by atoms with Crippen molar-refractivity contribution in [2.75, 3.05) is 19.6 Å². The molecule has 3 amide bonds. The number of piperazine rings is 1. The highest BCUT2D eigenvalue weighted by molar-refractivity contribution is 7.07. The molecular formula is C11H14N4O4S. The third-order valence-corrected chi connectivity index (χ3v) is 3.50. The Morgan fingerprint density at radius 2 is 2.40 bits per heavy atom. The molecule has 1 unspecified atom stereocenters. The zero-order valence-corrected chi connectivity index (χ0v) is 11.4. The van der Waals surface area contributed by atoms with Crippen molar-refractivity contribution in [2.45, 2.75) is 12.5 Å². The molecule has 1 aromatic heterocycles. The number of hydrogen-bond donors (Lipinski definition) is 3. The first kappa shape index (κ1) is 14.3. The van der Waals surface area contributed by atoms with E-state index in [4.69, 9.17) is 5.11 Å². The van der Waals surface area contributed by atoms with Gasteiger partial charge in [0.1, 0.15) is 12.6 Å². The number of amides is 3. The third kappa shape index (κ3) is 3.44. The zero-order chi connectivity index (χ0) is 14.5. The molecule has 9 heteroatoms. The van der Waals surface area contributed by atoms with E-state index in [0.717, 1.165) is 10.6 Å². The summed E-state index contributed by atoms with van der Waals surface area (Å²) >= 11 is 1.47. The Morgan fingerprint density at radius 3 is 3.05 bits per heavy atom. The van der Waals surface area contributed by atoms with E-state index in [9.17, 15) is 14.4 Å². The van der Waals surface area contributed by atoms with Crippen LogP contribution in [0, 0.1) is 0 Å². The van der Waals surface area contributed by atoms with Gasteiger partial charge in [-0.1, -0.05) is 0 Å². The highest BCUT2D eigenvalue weighted by atomic mass is 32.1. The van der Waals surface area contributed by atoms with Crippen LogP contribution in [0.15, 0.2) is 10.9 Å². The van der Waals surface area contributed by atoms with Crippen molar-refractivity contribution in [3.63, 3.8) is 0 Å². The molecule has 0 aromatic carbocycles. The number of hydrogen-bond acceptors (Lipinski definition) is 5. The van der Waals surface area contributed by atoms with Crippen LogP contribution in [0.1, 0.15) is 5.69 Å². The van der Waals surface area contributed by atoms with E-state index >= 15 is 0 Å². The second kappa shape index (κ2) is 6.33. The maximum atomic E-state index is 11.9. The fourth-order valence-corrected chi connectivity index (χ4v) is 2.43. The fraction of sp³-hybridized carbons (Fsp3) is 0.455. The van der Waals surface area contributed by atoms with Gasteiger partial charge >= 0.3 is 12.0 Å². The van der Waals surface area contributed by atoms with Crippen molar-refractivity contribution in [2.24, 2.45) is 0 Å². The van der Waals surface area contributed by atoms with E-state index in [0.29, 0.717) is 13.0 Å². The van der Waals surface area contributed by atoms with Gasteiger partial charge in [-0.2, -0.15) is 0 Å². The van der Waals surface area contributed by atoms with Crippen LogP contribution < -0.4 is 10.6 Å². The van der Waals surface area contributed by atoms with Gasteiger partial charge in [0.15, 0.2) is 0 Å². The molecule has 1 aliphatic heterocycles. The summed E-state index contributed by atoms with van der Waals surface area (Å²) in [6, 6.07) is -1.59. The molecule has 2 heterocycles. The summed E-state index contributed by atoms with van der Waals surface area (Å²) in [6.45, 7) is 0.0141. The van der Waals surface area contributed by atoms with Gasteiger partial charge in [0.2, 0.25) is 5.91 Å². The number of aromatic nitrogens is 1. The van der Waals surface area contributed by atoms with Gasteiger partial charge < -0.3 is 15.7 Å². The molecule has 0 spiro atoms. The molecule has 1 aromatic rings. The van der Waals surface area contributed by atoms with E-state index in [1.807, 2.05) is 5.38 Å². The van der Waals surface area contributed by atoms with Crippen LogP contribution >= 0.6 is 11.3 Å². The molecule has 1 atom stereocenters. The third-order valence-electron chi connectivity index (χ3n) is 2.87. The summed E-state index contributed by atoms with van der Waals surface area (Å²) in [4.78, 5) is 39.4. The smallest absolute Gasteiger partial charge is 0.328 e. The predicted molar refractivity (Wildman–Crippen MR) is 70.4 cm³/mol. The van der Waals surface area contributed by atoms with Crippen LogP contribution in [-0.4, -0.2) is 58.6 Å². The van der Waals surface area contributed by atoms with E-state index in [-0.39, 0.29) is 19.0 Å². The van der Waals surface area contributed by atoms with Gasteiger partial charge in [-0.25, -0.2) is 14.6 Å². The summed E-state index contributed by atoms with van der Waals surface area (Å²) in [7, 11) is 0. The average Bonchev–Trinajstić information content (AvgIpc) is 2.91. The highest BCUT2D eigenvalue weighted by Gasteiger charge is 2.34. The molecule has 1 aliphatic rings. The number of rotatable bonds is 4. The van der Waals surface area contributed by atoms with Gasteiger partial charge in [-0.05, 0) is 0 Å². The first-order valence-electron chi connectivity index (χ1n) is 5.99. The van der Waals surface area contributed by atoms with Gasteiger partial charge in [-0.15, -0.1) is 11.3 Å². The molecule has 0 saturated carbocycles. The standard InChI is InChI=1S/C11H14N4O4S/c16-9-4-15(8(3-13-9)10(17)18)11(19)12-2-1-7-5-20-6-14-7/h5-6,8H,1-4H2,(H,12,19)(H,13,16)(H,17,18). The molecule has 0 aliphatic carbocycles. The van der Waals surface area contributed by atoms with Gasteiger partial charge in [-0.3, -0.25) is 9.69 Å². The monoisotopic (exact) mass is 298 g/mol. The number of carboxylic acid groups (broad SMARTS) is 1. The Morgan fingerprint density at radius 1 is 1.60 bits per heavy atom. The molecule has 0 bridgehead atoms. The van der Waals surface area contributed by atoms with Crippen LogP contribution in [0.25, 0.3) is 0 Å². The van der Waals surface area contributed by atoms with Crippen molar-refractivity contribution >= 4 is 29.2 Å². The number of nitrogens with zero attached hydrogens (tertiary/aromatic N) is 2. The van der Waals surface area contributed by atoms with Crippen molar-refractivity contribution in [1.82, 2.24) is 20.5 Å². The maximum absolute atomic E-state index is 11.9. The Labute approximate surface area is 118 Å². The fourth-order valence-electron chi connectivity index (χ4n) is 1.84. The largest absolute Gasteiger partial charge is 0.480 e. The summed E-state index contributed by atoms with van der Waals surface area (Å²) in [5, 5.41) is 15.9. The van der Waals surface area contributed by atoms with Gasteiger partial charge in [0.05, 0.1) is 11.2 Å². The van der Waals surface area contributed by atoms with Crippen LogP contribution in [0.2, 0.25) is 0 Å². The van der Waals surface area contributed by atoms with Gasteiger partial charge in [0.25, 0.3) is 0 Å². The van der Waals surface area contributed by atoms with Crippen molar-refractivity contribution in [3.8, 4) is 0 Å². The normalized spacial score (nSPS) is 18.5. The summed E-state index contributed by atoms with van der Waals surface area (Å²) < 4.78 is 0. The Bertz CT molecular complexity index is 505. The lowest BCUT2D eigenvalue weighted by molar-refractivity contribution is -0.144. The molecule has 20 heavy (non-hydrogen) atoms. The summed E-state index contributed by atoms with van der Waals surface area (Å²) in [6.07, 6.45) is 0.563. The van der Waals surface area contributed by atoms with Gasteiger partial charge in [0, 0.05) is 24.9 Å². The molecule has 108 valence electrons. The molecular weight excluding hydrogens is 284 g/mol. The van der Waals surface area contributed by atoms with Crippen molar-refractivity contribution in [3.05, 3.63) is 16.6 Å². The minimum atomic E-state index is -1.14. The van der Waals surface area contributed by atoms with E-state index < -0.39 is 18.0 Å². The Hall–Kier alpha value is -2.16. The van der Waals surface area contributed by atoms with E-state index in [2.05, 4.69) is 15.6 Å². The number of nitrogens with one attached hydrogen (secondary N) is 2. The van der Waals surface area contributed by atoms with E-state index in [1.165, 1.54) is 11.3 Å². The lowest BCUT2D eigenvalue weighted by Crippen LogP contribution is -2.61. The Kier molecular flexibility index (Phi) is 4.51. The quantitative estimate of drug-likeness (QED) is 0.679. The second-order valence-electron chi connectivity index (χ2n) is 4.25. The minimum absolute atomic E-state index is 0.0757. The van der Waals surface area contributed by atoms with Crippen LogP contribution in [0.4, 0.5) is 4.79 Å². The summed E-state index contributed by atoms with van der Waals surface area (Å²) in [5.41, 5.74) is 2.56. The zero-order valence-electron chi connectivity index (χ0n) is 10.5. The summed E-state index contributed by atoms with van der Waals surface area (Å²) in [5.74, 6) is -1.50. The lowest BCUT2D eigenvalue weighted by Gasteiger charge is -2.32. The number of carboxylic acids is 1. The molecule has 0 radical (unpaired) electrons. The van der Waals surface area contributed by atoms with Crippen LogP contribution in [0.3, 0.4) is 0 Å². The maximum Gasteiger partial charge on any atom is 0.328 e. The predicted octanol–water partition coefficient (Wildman–Crippen LogP) is -0.720. The highest BCUT2D eigenvalue weighted by Crippen LogP contribution is 2.05. The minimum Gasteiger partial charge on any atom is -0.480 e. The lowest BCUT2D eigenvalue weighted by atomic mass is 10.2. The SMILES string of the molecule is O=C1CN(C(=O)NCCc2cscn2)C(C(=O)O)CN1. The molecule has 3 N–H and O–H groups in total. The Balaban J connectivity index is 1.88. The van der Waals surface area contributed by atoms with E-state index in [1.54, 1.807) is 5.51 Å². The number of aliphatic carboxylic acids is 1. The average molecular weight is 298 g/mol. The molecule has 2 rings (SSSR count). The second-order valence-corrected chi connectivity index (χ2v) is 4.97.